The monoisotopic (exact) mass is 640 g/mol. The van der Waals surface area contributed by atoms with Gasteiger partial charge in [-0.2, -0.15) is 20.1 Å². The number of benzene rings is 2. The van der Waals surface area contributed by atoms with E-state index in [1.807, 2.05) is 28.9 Å². The zero-order chi connectivity index (χ0) is 31.7. The summed E-state index contributed by atoms with van der Waals surface area (Å²) in [5, 5.41) is 13.4. The van der Waals surface area contributed by atoms with Crippen LogP contribution in [0.2, 0.25) is 0 Å². The van der Waals surface area contributed by atoms with E-state index in [4.69, 9.17) is 15.2 Å². The van der Waals surface area contributed by atoms with Crippen LogP contribution >= 0.6 is 0 Å². The first-order valence-electron chi connectivity index (χ1n) is 15.6. The lowest BCUT2D eigenvalue weighted by atomic mass is 9.93. The molecule has 2 aromatic carbocycles. The van der Waals surface area contributed by atoms with E-state index in [-0.39, 0.29) is 29.2 Å². The second kappa shape index (κ2) is 10.7. The fourth-order valence-electron chi connectivity index (χ4n) is 6.69. The van der Waals surface area contributed by atoms with Gasteiger partial charge < -0.3 is 9.80 Å². The lowest BCUT2D eigenvalue weighted by Crippen LogP contribution is -2.39. The Morgan fingerprint density at radius 1 is 0.978 bits per heavy atom. The molecule has 2 atom stereocenters. The van der Waals surface area contributed by atoms with Crippen molar-refractivity contribution in [2.24, 2.45) is 0 Å². The zero-order valence-electron chi connectivity index (χ0n) is 25.5. The lowest BCUT2D eigenvalue weighted by Gasteiger charge is -2.35. The third-order valence-electron chi connectivity index (χ3n) is 9.49. The van der Waals surface area contributed by atoms with Crippen LogP contribution in [0.4, 0.5) is 10.1 Å². The number of sulfone groups is 1. The van der Waals surface area contributed by atoms with Gasteiger partial charge in [0.2, 0.25) is 0 Å². The Bertz CT molecular complexity index is 2120. The number of anilines is 1. The van der Waals surface area contributed by atoms with Gasteiger partial charge in [0.1, 0.15) is 17.2 Å². The third kappa shape index (κ3) is 5.02. The summed E-state index contributed by atoms with van der Waals surface area (Å²) in [6, 6.07) is 16.6. The molecule has 46 heavy (non-hydrogen) atoms. The Hall–Kier alpha value is -4.65. The maximum atomic E-state index is 15.7. The molecule has 0 bridgehead atoms. The zero-order valence-corrected chi connectivity index (χ0v) is 26.4. The van der Waals surface area contributed by atoms with Crippen LogP contribution in [0.1, 0.15) is 59.9 Å². The van der Waals surface area contributed by atoms with Gasteiger partial charge in [-0.1, -0.05) is 24.3 Å². The molecule has 1 saturated heterocycles. The van der Waals surface area contributed by atoms with Gasteiger partial charge in [0.05, 0.1) is 34.9 Å². The van der Waals surface area contributed by atoms with Crippen molar-refractivity contribution in [2.75, 3.05) is 30.8 Å². The van der Waals surface area contributed by atoms with Gasteiger partial charge in [-0.25, -0.2) is 22.3 Å². The second-order valence-corrected chi connectivity index (χ2v) is 14.9. The number of rotatable bonds is 6. The van der Waals surface area contributed by atoms with E-state index < -0.39 is 20.9 Å². The molecule has 1 saturated carbocycles. The SMILES string of the molecule is C[C@@H]1c2ccccc2CCN1C(=O)c1cc(-c2cnn(C3CC3)n2)n2nc(-c3ccc(N4CC[C@H](S(C)(=O)=O)C4)cc3F)cc2n1. The highest BCUT2D eigenvalue weighted by Gasteiger charge is 2.32. The molecule has 2 aliphatic heterocycles. The van der Waals surface area contributed by atoms with Gasteiger partial charge in [0.25, 0.3) is 5.91 Å². The maximum Gasteiger partial charge on any atom is 0.273 e. The van der Waals surface area contributed by atoms with Crippen LogP contribution < -0.4 is 4.90 Å². The summed E-state index contributed by atoms with van der Waals surface area (Å²) in [5.74, 6) is -0.682. The van der Waals surface area contributed by atoms with Crippen molar-refractivity contribution in [1.29, 1.82) is 0 Å². The molecular formula is C33H33FN8O3S. The first-order chi connectivity index (χ1) is 22.1. The molecule has 0 N–H and O–H groups in total. The molecule has 0 radical (unpaired) electrons. The minimum atomic E-state index is -3.17. The minimum absolute atomic E-state index is 0.119. The minimum Gasteiger partial charge on any atom is -0.370 e. The van der Waals surface area contributed by atoms with Crippen LogP contribution in [-0.2, 0) is 16.3 Å². The molecule has 5 heterocycles. The Morgan fingerprint density at radius 2 is 1.80 bits per heavy atom. The van der Waals surface area contributed by atoms with Crippen molar-refractivity contribution in [2.45, 2.75) is 49.9 Å². The number of carbonyl (C=O) groups is 1. The van der Waals surface area contributed by atoms with Gasteiger partial charge in [-0.05, 0) is 68.0 Å². The molecule has 8 rings (SSSR count). The molecule has 0 unspecified atom stereocenters. The second-order valence-electron chi connectivity index (χ2n) is 12.6. The summed E-state index contributed by atoms with van der Waals surface area (Å²) in [4.78, 5) is 24.2. The van der Waals surface area contributed by atoms with Crippen molar-refractivity contribution in [3.8, 4) is 22.6 Å². The van der Waals surface area contributed by atoms with E-state index in [1.165, 1.54) is 17.9 Å². The molecule has 11 nitrogen and oxygen atoms in total. The fraction of sp³-hybridized carbons (Fsp3) is 0.364. The highest BCUT2D eigenvalue weighted by molar-refractivity contribution is 7.91. The number of halogens is 1. The normalized spacial score (nSPS) is 20.0. The molecule has 2 fully saturated rings. The largest absolute Gasteiger partial charge is 0.370 e. The Kier molecular flexibility index (Phi) is 6.71. The van der Waals surface area contributed by atoms with Crippen LogP contribution in [0, 0.1) is 5.82 Å². The van der Waals surface area contributed by atoms with Crippen LogP contribution in [0.15, 0.2) is 60.8 Å². The Balaban J connectivity index is 1.17. The van der Waals surface area contributed by atoms with Crippen LogP contribution in [0.5, 0.6) is 0 Å². The molecular weight excluding hydrogens is 607 g/mol. The van der Waals surface area contributed by atoms with Gasteiger partial charge in [0.15, 0.2) is 15.5 Å². The number of fused-ring (bicyclic) bond motifs is 2. The van der Waals surface area contributed by atoms with E-state index >= 15 is 4.39 Å². The molecule has 1 amide bonds. The van der Waals surface area contributed by atoms with Crippen molar-refractivity contribution < 1.29 is 17.6 Å². The summed E-state index contributed by atoms with van der Waals surface area (Å²) in [6.45, 7) is 3.47. The number of amides is 1. The summed E-state index contributed by atoms with van der Waals surface area (Å²) in [5.41, 5.74) is 5.35. The van der Waals surface area contributed by atoms with Gasteiger partial charge in [-0.15, -0.1) is 0 Å². The first kappa shape index (κ1) is 28.8. The fourth-order valence-corrected chi connectivity index (χ4v) is 7.67. The summed E-state index contributed by atoms with van der Waals surface area (Å²) < 4.78 is 41.4. The van der Waals surface area contributed by atoms with Crippen LogP contribution in [-0.4, -0.2) is 80.0 Å². The van der Waals surface area contributed by atoms with Crippen molar-refractivity contribution in [3.05, 3.63) is 83.4 Å². The van der Waals surface area contributed by atoms with E-state index in [0.29, 0.717) is 54.5 Å². The molecule has 3 aliphatic rings. The summed E-state index contributed by atoms with van der Waals surface area (Å²) in [6.07, 6.45) is 6.22. The van der Waals surface area contributed by atoms with Gasteiger partial charge in [0, 0.05) is 43.2 Å². The predicted octanol–water partition coefficient (Wildman–Crippen LogP) is 4.51. The van der Waals surface area contributed by atoms with E-state index in [2.05, 4.69) is 17.2 Å². The Morgan fingerprint density at radius 3 is 2.57 bits per heavy atom. The quantitative estimate of drug-likeness (QED) is 0.266. The molecule has 3 aromatic heterocycles. The summed E-state index contributed by atoms with van der Waals surface area (Å²) >= 11 is 0. The smallest absolute Gasteiger partial charge is 0.273 e. The van der Waals surface area contributed by atoms with E-state index in [9.17, 15) is 13.2 Å². The highest BCUT2D eigenvalue weighted by Crippen LogP contribution is 2.35. The molecule has 5 aromatic rings. The van der Waals surface area contributed by atoms with Crippen molar-refractivity contribution in [1.82, 2.24) is 34.5 Å². The Labute approximate surface area is 265 Å². The average Bonchev–Trinajstić information content (AvgIpc) is 3.41. The predicted molar refractivity (Wildman–Crippen MR) is 171 cm³/mol. The lowest BCUT2D eigenvalue weighted by molar-refractivity contribution is 0.0672. The highest BCUT2D eigenvalue weighted by atomic mass is 32.2. The van der Waals surface area contributed by atoms with Gasteiger partial charge >= 0.3 is 0 Å². The number of aromatic nitrogens is 6. The molecule has 0 spiro atoms. The molecule has 1 aliphatic carbocycles. The topological polar surface area (TPSA) is 119 Å². The number of hydrogen-bond donors (Lipinski definition) is 0. The number of nitrogens with zero attached hydrogens (tertiary/aromatic N) is 8. The molecule has 236 valence electrons. The van der Waals surface area contributed by atoms with Gasteiger partial charge in [-0.3, -0.25) is 4.79 Å². The van der Waals surface area contributed by atoms with Crippen LogP contribution in [0.3, 0.4) is 0 Å². The third-order valence-corrected chi connectivity index (χ3v) is 11.1. The summed E-state index contributed by atoms with van der Waals surface area (Å²) in [7, 11) is -3.17. The number of carbonyl (C=O) groups excluding carboxylic acids is 1. The average molecular weight is 641 g/mol. The molecule has 13 heteroatoms. The van der Waals surface area contributed by atoms with Crippen LogP contribution in [0.25, 0.3) is 28.3 Å². The van der Waals surface area contributed by atoms with Crippen molar-refractivity contribution >= 4 is 27.1 Å². The van der Waals surface area contributed by atoms with E-state index in [0.717, 1.165) is 24.8 Å². The van der Waals surface area contributed by atoms with E-state index in [1.54, 1.807) is 39.8 Å². The first-order valence-corrected chi connectivity index (χ1v) is 17.5. The maximum absolute atomic E-state index is 15.7. The standard InChI is InChI=1S/C33H33FN8O3S/c1-20-25-6-4-3-5-21(25)11-14-40(20)33(43)29-16-31(30-18-35-42(38-30)22-7-8-22)41-32(36-29)17-28(37-41)26-10-9-23(15-27(26)34)39-13-12-24(19-39)46(2,44)45/h3-6,9-10,15-18,20,22,24H,7-8,11-14,19H2,1-2H3/t20-,24+/m1/s1. The number of hydrogen-bond acceptors (Lipinski definition) is 8. The van der Waals surface area contributed by atoms with Crippen molar-refractivity contribution in [3.63, 3.8) is 0 Å².